The lowest BCUT2D eigenvalue weighted by molar-refractivity contribution is -0.211. The summed E-state index contributed by atoms with van der Waals surface area (Å²) in [6.45, 7) is 0. The van der Waals surface area contributed by atoms with E-state index in [-0.39, 0.29) is 0 Å². The number of carbonyl (C=O) groups is 1. The summed E-state index contributed by atoms with van der Waals surface area (Å²) in [5.74, 6) is -4.01. The molecule has 0 amide bonds. The summed E-state index contributed by atoms with van der Waals surface area (Å²) in [5, 5.41) is 7.98. The molecule has 0 bridgehead atoms. The van der Waals surface area contributed by atoms with Crippen molar-refractivity contribution in [3.63, 3.8) is 0 Å². The number of rotatable bonds is 3. The zero-order valence-electron chi connectivity index (χ0n) is 6.58. The summed E-state index contributed by atoms with van der Waals surface area (Å²) >= 11 is 0. The topological polar surface area (TPSA) is 59.4 Å². The van der Waals surface area contributed by atoms with Crippen molar-refractivity contribution in [2.24, 2.45) is 0 Å². The first-order valence-electron chi connectivity index (χ1n) is 3.32. The highest BCUT2D eigenvalue weighted by atomic mass is 19.3. The Labute approximate surface area is 75.9 Å². The molecule has 1 N–H and O–H groups in total. The number of hydrogen-bond donors (Lipinski definition) is 1. The molecule has 1 heterocycles. The Morgan fingerprint density at radius 2 is 2.14 bits per heavy atom. The van der Waals surface area contributed by atoms with Crippen LogP contribution in [0.25, 0.3) is 0 Å². The molecule has 7 heteroatoms. The van der Waals surface area contributed by atoms with Crippen LogP contribution in [0.1, 0.15) is 0 Å². The van der Waals surface area contributed by atoms with Crippen molar-refractivity contribution < 1.29 is 27.8 Å². The molecule has 0 aromatic carbocycles. The van der Waals surface area contributed by atoms with E-state index < -0.39 is 23.6 Å². The normalized spacial score (nSPS) is 11.1. The van der Waals surface area contributed by atoms with Gasteiger partial charge >= 0.3 is 12.1 Å². The number of carboxylic acids is 1. The zero-order valence-corrected chi connectivity index (χ0v) is 6.58. The number of aliphatic carboxylic acids is 1. The lowest BCUT2D eigenvalue weighted by Gasteiger charge is -2.12. The smallest absolute Gasteiger partial charge is 0.474 e. The van der Waals surface area contributed by atoms with E-state index in [0.29, 0.717) is 6.07 Å². The highest BCUT2D eigenvalue weighted by Crippen LogP contribution is 2.21. The summed E-state index contributed by atoms with van der Waals surface area (Å²) in [6, 6.07) is 0.601. The monoisotopic (exact) mass is 207 g/mol. The molecular weight excluding hydrogens is 203 g/mol. The van der Waals surface area contributed by atoms with Gasteiger partial charge in [0.1, 0.15) is 11.6 Å². The van der Waals surface area contributed by atoms with Gasteiger partial charge in [-0.15, -0.1) is 0 Å². The molecule has 14 heavy (non-hydrogen) atoms. The maximum Gasteiger partial charge on any atom is 0.501 e. The van der Waals surface area contributed by atoms with E-state index in [2.05, 4.69) is 9.72 Å². The number of alkyl halides is 2. The van der Waals surface area contributed by atoms with Gasteiger partial charge in [-0.05, 0) is 0 Å². The van der Waals surface area contributed by atoms with Gasteiger partial charge in [0.25, 0.3) is 0 Å². The van der Waals surface area contributed by atoms with Gasteiger partial charge in [0, 0.05) is 6.07 Å². The fourth-order valence-corrected chi connectivity index (χ4v) is 0.640. The molecule has 0 aliphatic rings. The summed E-state index contributed by atoms with van der Waals surface area (Å²) in [4.78, 5) is 13.1. The van der Waals surface area contributed by atoms with Crippen molar-refractivity contribution in [2.75, 3.05) is 0 Å². The van der Waals surface area contributed by atoms with Gasteiger partial charge in [0.15, 0.2) is 0 Å². The van der Waals surface area contributed by atoms with Gasteiger partial charge < -0.3 is 9.84 Å². The number of pyridine rings is 1. The lowest BCUT2D eigenvalue weighted by Crippen LogP contribution is -2.34. The first kappa shape index (κ1) is 10.3. The van der Waals surface area contributed by atoms with E-state index >= 15 is 0 Å². The number of ether oxygens (including phenoxy) is 1. The molecule has 0 spiro atoms. The molecule has 0 fully saturated rings. The Kier molecular flexibility index (Phi) is 2.59. The number of carboxylic acid groups (broad SMARTS) is 1. The van der Waals surface area contributed by atoms with E-state index in [4.69, 9.17) is 5.11 Å². The first-order valence-corrected chi connectivity index (χ1v) is 3.32. The van der Waals surface area contributed by atoms with Crippen LogP contribution in [-0.2, 0) is 4.79 Å². The average Bonchev–Trinajstić information content (AvgIpc) is 2.02. The Bertz CT molecular complexity index is 356. The molecule has 0 saturated carbocycles. The highest BCUT2D eigenvalue weighted by molar-refractivity contribution is 5.73. The van der Waals surface area contributed by atoms with Crippen LogP contribution in [0.15, 0.2) is 18.5 Å². The quantitative estimate of drug-likeness (QED) is 0.810. The van der Waals surface area contributed by atoms with Crippen LogP contribution in [0.5, 0.6) is 5.75 Å². The molecule has 1 aromatic rings. The Morgan fingerprint density at radius 1 is 1.50 bits per heavy atom. The third kappa shape index (κ3) is 2.35. The minimum Gasteiger partial charge on any atom is -0.474 e. The average molecular weight is 207 g/mol. The van der Waals surface area contributed by atoms with Crippen molar-refractivity contribution in [2.45, 2.75) is 6.11 Å². The fourth-order valence-electron chi connectivity index (χ4n) is 0.640. The predicted octanol–water partition coefficient (Wildman–Crippen LogP) is 1.28. The summed E-state index contributed by atoms with van der Waals surface area (Å²) in [5.41, 5.74) is 0. The molecule has 0 saturated heterocycles. The standard InChI is InChI=1S/C7H4F3NO3/c8-4-1-5(3-11-2-4)14-7(9,10)6(12)13/h1-3H,(H,12,13). The van der Waals surface area contributed by atoms with E-state index in [1.165, 1.54) is 0 Å². The molecule has 0 radical (unpaired) electrons. The molecule has 0 aliphatic heterocycles. The van der Waals surface area contributed by atoms with Crippen molar-refractivity contribution in [3.05, 3.63) is 24.3 Å². The fraction of sp³-hybridized carbons (Fsp3) is 0.143. The zero-order chi connectivity index (χ0) is 10.8. The van der Waals surface area contributed by atoms with Crippen LogP contribution in [0, 0.1) is 5.82 Å². The van der Waals surface area contributed by atoms with E-state index in [9.17, 15) is 18.0 Å². The lowest BCUT2D eigenvalue weighted by atomic mass is 10.4. The van der Waals surface area contributed by atoms with Crippen molar-refractivity contribution in [3.8, 4) is 5.75 Å². The second-order valence-corrected chi connectivity index (χ2v) is 2.26. The number of aromatic nitrogens is 1. The minimum atomic E-state index is -4.39. The van der Waals surface area contributed by atoms with E-state index in [1.54, 1.807) is 0 Å². The van der Waals surface area contributed by atoms with Crippen LogP contribution >= 0.6 is 0 Å². The van der Waals surface area contributed by atoms with Gasteiger partial charge in [-0.1, -0.05) is 0 Å². The largest absolute Gasteiger partial charge is 0.501 e. The van der Waals surface area contributed by atoms with Crippen LogP contribution in [0.2, 0.25) is 0 Å². The van der Waals surface area contributed by atoms with Crippen LogP contribution in [0.4, 0.5) is 13.2 Å². The molecule has 0 aliphatic carbocycles. The Balaban J connectivity index is 2.83. The Hall–Kier alpha value is -1.79. The molecule has 4 nitrogen and oxygen atoms in total. The number of nitrogens with zero attached hydrogens (tertiary/aromatic N) is 1. The summed E-state index contributed by atoms with van der Waals surface area (Å²) in [7, 11) is 0. The van der Waals surface area contributed by atoms with Gasteiger partial charge in [-0.25, -0.2) is 9.18 Å². The van der Waals surface area contributed by atoms with Crippen LogP contribution in [-0.4, -0.2) is 22.2 Å². The van der Waals surface area contributed by atoms with Gasteiger partial charge in [0.05, 0.1) is 12.4 Å². The molecular formula is C7H4F3NO3. The first-order chi connectivity index (χ1) is 6.42. The number of hydrogen-bond acceptors (Lipinski definition) is 3. The van der Waals surface area contributed by atoms with Gasteiger partial charge in [-0.3, -0.25) is 4.98 Å². The third-order valence-corrected chi connectivity index (χ3v) is 1.17. The minimum absolute atomic E-state index is 0.601. The summed E-state index contributed by atoms with van der Waals surface area (Å²) in [6.07, 6.45) is -2.85. The van der Waals surface area contributed by atoms with Crippen LogP contribution in [0.3, 0.4) is 0 Å². The molecule has 76 valence electrons. The predicted molar refractivity (Wildman–Crippen MR) is 37.4 cm³/mol. The number of halogens is 3. The van der Waals surface area contributed by atoms with Gasteiger partial charge in [-0.2, -0.15) is 8.78 Å². The van der Waals surface area contributed by atoms with Crippen molar-refractivity contribution in [1.82, 2.24) is 4.98 Å². The van der Waals surface area contributed by atoms with Crippen LogP contribution < -0.4 is 4.74 Å². The van der Waals surface area contributed by atoms with E-state index in [0.717, 1.165) is 12.4 Å². The maximum absolute atomic E-state index is 12.4. The van der Waals surface area contributed by atoms with Gasteiger partial charge in [0.2, 0.25) is 0 Å². The second kappa shape index (κ2) is 3.52. The summed E-state index contributed by atoms with van der Waals surface area (Å²) < 4.78 is 40.9. The SMILES string of the molecule is O=C(O)C(F)(F)Oc1cncc(F)c1. The molecule has 0 atom stereocenters. The maximum atomic E-state index is 12.4. The molecule has 0 unspecified atom stereocenters. The van der Waals surface area contributed by atoms with Crippen molar-refractivity contribution in [1.29, 1.82) is 0 Å². The molecule has 1 aromatic heterocycles. The molecule has 1 rings (SSSR count). The highest BCUT2D eigenvalue weighted by Gasteiger charge is 2.42. The second-order valence-electron chi connectivity index (χ2n) is 2.26. The van der Waals surface area contributed by atoms with E-state index in [1.807, 2.05) is 0 Å². The Morgan fingerprint density at radius 3 is 2.64 bits per heavy atom. The third-order valence-electron chi connectivity index (χ3n) is 1.17. The van der Waals surface area contributed by atoms with Crippen molar-refractivity contribution >= 4 is 5.97 Å².